The Labute approximate surface area is 83.4 Å². The van der Waals surface area contributed by atoms with Gasteiger partial charge in [0.25, 0.3) is 0 Å². The molecule has 66 valence electrons. The number of halogens is 2. The lowest BCUT2D eigenvalue weighted by molar-refractivity contribution is 0.0521. The van der Waals surface area contributed by atoms with E-state index in [2.05, 4.69) is 9.11 Å². The molecular weight excluding hydrogens is 221 g/mol. The zero-order chi connectivity index (χ0) is 9.14. The average Bonchev–Trinajstić information content (AvgIpc) is 2.34. The number of aromatic nitrogens is 1. The lowest BCUT2D eigenvalue weighted by Gasteiger charge is -1.96. The lowest BCUT2D eigenvalue weighted by atomic mass is 10.4. The molecule has 0 aliphatic carbocycles. The van der Waals surface area contributed by atoms with Crippen LogP contribution in [0.4, 0.5) is 0 Å². The van der Waals surface area contributed by atoms with Crippen molar-refractivity contribution in [2.24, 2.45) is 0 Å². The first-order chi connectivity index (χ1) is 5.66. The van der Waals surface area contributed by atoms with E-state index in [1.807, 2.05) is 0 Å². The van der Waals surface area contributed by atoms with Crippen molar-refractivity contribution >= 4 is 40.7 Å². The number of esters is 1. The molecule has 1 aromatic rings. The fourth-order valence-corrected chi connectivity index (χ4v) is 1.57. The molecule has 0 aromatic carbocycles. The van der Waals surface area contributed by atoms with Gasteiger partial charge in [-0.25, -0.2) is 4.79 Å². The van der Waals surface area contributed by atoms with Gasteiger partial charge in [0, 0.05) is 0 Å². The van der Waals surface area contributed by atoms with E-state index in [9.17, 15) is 4.79 Å². The van der Waals surface area contributed by atoms with Crippen LogP contribution in [0.3, 0.4) is 0 Å². The molecule has 0 unspecified atom stereocenters. The fraction of sp³-hybridized carbons (Fsp3) is 0.333. The third-order valence-corrected chi connectivity index (χ3v) is 2.68. The fourth-order valence-electron chi connectivity index (χ4n) is 0.585. The van der Waals surface area contributed by atoms with Gasteiger partial charge in [0.1, 0.15) is 9.36 Å². The summed E-state index contributed by atoms with van der Waals surface area (Å²) < 4.78 is 8.73. The van der Waals surface area contributed by atoms with Gasteiger partial charge in [-0.2, -0.15) is 4.37 Å². The minimum Gasteiger partial charge on any atom is -0.461 e. The van der Waals surface area contributed by atoms with Crippen molar-refractivity contribution in [3.05, 3.63) is 15.1 Å². The van der Waals surface area contributed by atoms with Crippen molar-refractivity contribution < 1.29 is 9.53 Å². The molecule has 0 bridgehead atoms. The van der Waals surface area contributed by atoms with Gasteiger partial charge in [-0.15, -0.1) is 0 Å². The Balaban J connectivity index is 2.88. The van der Waals surface area contributed by atoms with Crippen molar-refractivity contribution in [1.29, 1.82) is 0 Å². The predicted octanol–water partition coefficient (Wildman–Crippen LogP) is 2.63. The number of carbonyl (C=O) groups excluding carboxylic acids is 1. The second-order valence-electron chi connectivity index (χ2n) is 1.84. The molecule has 1 rings (SSSR count). The average molecular weight is 226 g/mol. The number of carbonyl (C=O) groups is 1. The highest BCUT2D eigenvalue weighted by Gasteiger charge is 2.17. The van der Waals surface area contributed by atoms with Crippen LogP contribution in [0.15, 0.2) is 0 Å². The van der Waals surface area contributed by atoms with Gasteiger partial charge in [0.05, 0.1) is 6.61 Å². The first-order valence-corrected chi connectivity index (χ1v) is 4.67. The molecule has 0 atom stereocenters. The summed E-state index contributed by atoms with van der Waals surface area (Å²) in [6, 6.07) is 0. The second kappa shape index (κ2) is 4.07. The van der Waals surface area contributed by atoms with E-state index < -0.39 is 5.97 Å². The SMILES string of the molecule is CCOC(=O)c1nsc(Cl)c1Cl. The molecule has 6 heteroatoms. The van der Waals surface area contributed by atoms with E-state index in [0.717, 1.165) is 11.5 Å². The Morgan fingerprint density at radius 1 is 1.67 bits per heavy atom. The van der Waals surface area contributed by atoms with Gasteiger partial charge in [-0.05, 0) is 18.5 Å². The maximum Gasteiger partial charge on any atom is 0.359 e. The molecule has 0 fully saturated rings. The summed E-state index contributed by atoms with van der Waals surface area (Å²) in [5.74, 6) is -0.536. The van der Waals surface area contributed by atoms with E-state index in [1.54, 1.807) is 6.92 Å². The van der Waals surface area contributed by atoms with Crippen molar-refractivity contribution in [3.8, 4) is 0 Å². The molecule has 1 aromatic heterocycles. The summed E-state index contributed by atoms with van der Waals surface area (Å²) in [6.07, 6.45) is 0. The van der Waals surface area contributed by atoms with Gasteiger partial charge >= 0.3 is 5.97 Å². The smallest absolute Gasteiger partial charge is 0.359 e. The Morgan fingerprint density at radius 2 is 2.33 bits per heavy atom. The van der Waals surface area contributed by atoms with Crippen LogP contribution >= 0.6 is 34.7 Å². The highest BCUT2D eigenvalue weighted by Crippen LogP contribution is 2.29. The molecule has 3 nitrogen and oxygen atoms in total. The number of rotatable bonds is 2. The molecule has 0 saturated carbocycles. The van der Waals surface area contributed by atoms with Crippen LogP contribution < -0.4 is 0 Å². The molecular formula is C6H5Cl2NO2S. The zero-order valence-electron chi connectivity index (χ0n) is 6.13. The molecule has 0 saturated heterocycles. The summed E-state index contributed by atoms with van der Waals surface area (Å²) in [4.78, 5) is 11.1. The predicted molar refractivity (Wildman–Crippen MR) is 48.1 cm³/mol. The van der Waals surface area contributed by atoms with Crippen molar-refractivity contribution in [3.63, 3.8) is 0 Å². The number of hydrogen-bond acceptors (Lipinski definition) is 4. The Hall–Kier alpha value is -0.320. The summed E-state index contributed by atoms with van der Waals surface area (Å²) in [5.41, 5.74) is 0.0912. The van der Waals surface area contributed by atoms with Crippen LogP contribution in [0.5, 0.6) is 0 Å². The van der Waals surface area contributed by atoms with Crippen LogP contribution in [0.2, 0.25) is 9.36 Å². The number of hydrogen-bond donors (Lipinski definition) is 0. The van der Waals surface area contributed by atoms with Gasteiger partial charge in [-0.1, -0.05) is 23.2 Å². The van der Waals surface area contributed by atoms with Crippen molar-refractivity contribution in [2.45, 2.75) is 6.92 Å². The summed E-state index contributed by atoms with van der Waals surface area (Å²) in [5, 5.41) is 0.167. The summed E-state index contributed by atoms with van der Waals surface area (Å²) in [7, 11) is 0. The van der Waals surface area contributed by atoms with Gasteiger partial charge in [-0.3, -0.25) is 0 Å². The maximum atomic E-state index is 11.1. The first-order valence-electron chi connectivity index (χ1n) is 3.14. The van der Waals surface area contributed by atoms with E-state index in [4.69, 9.17) is 23.2 Å². The van der Waals surface area contributed by atoms with Crippen LogP contribution in [0, 0.1) is 0 Å². The molecule has 0 N–H and O–H groups in total. The quantitative estimate of drug-likeness (QED) is 0.727. The van der Waals surface area contributed by atoms with Gasteiger partial charge in [0.15, 0.2) is 5.69 Å². The van der Waals surface area contributed by atoms with Crippen LogP contribution in [-0.4, -0.2) is 16.9 Å². The van der Waals surface area contributed by atoms with Crippen molar-refractivity contribution in [2.75, 3.05) is 6.61 Å². The standard InChI is InChI=1S/C6H5Cl2NO2S/c1-2-11-6(10)4-3(7)5(8)12-9-4/h2H2,1H3. The lowest BCUT2D eigenvalue weighted by Crippen LogP contribution is -2.05. The highest BCUT2D eigenvalue weighted by atomic mass is 35.5. The third kappa shape index (κ3) is 1.88. The van der Waals surface area contributed by atoms with Crippen LogP contribution in [0.1, 0.15) is 17.4 Å². The van der Waals surface area contributed by atoms with Gasteiger partial charge < -0.3 is 4.74 Å². The van der Waals surface area contributed by atoms with E-state index in [-0.39, 0.29) is 10.7 Å². The number of ether oxygens (including phenoxy) is 1. The largest absolute Gasteiger partial charge is 0.461 e. The van der Waals surface area contributed by atoms with Crippen molar-refractivity contribution in [1.82, 2.24) is 4.37 Å². The van der Waals surface area contributed by atoms with E-state index >= 15 is 0 Å². The summed E-state index contributed by atoms with van der Waals surface area (Å²) >= 11 is 12.2. The highest BCUT2D eigenvalue weighted by molar-refractivity contribution is 7.11. The van der Waals surface area contributed by atoms with Crippen LogP contribution in [0.25, 0.3) is 0 Å². The normalized spacial score (nSPS) is 9.92. The Kier molecular flexibility index (Phi) is 3.31. The second-order valence-corrected chi connectivity index (χ2v) is 3.59. The summed E-state index contributed by atoms with van der Waals surface area (Å²) in [6.45, 7) is 2.00. The van der Waals surface area contributed by atoms with E-state index in [0.29, 0.717) is 10.9 Å². The molecule has 0 spiro atoms. The molecule has 0 amide bonds. The van der Waals surface area contributed by atoms with E-state index in [1.165, 1.54) is 0 Å². The molecule has 1 heterocycles. The topological polar surface area (TPSA) is 39.2 Å². The molecule has 0 radical (unpaired) electrons. The Morgan fingerprint density at radius 3 is 2.75 bits per heavy atom. The van der Waals surface area contributed by atoms with Gasteiger partial charge in [0.2, 0.25) is 0 Å². The third-order valence-electron chi connectivity index (χ3n) is 1.07. The minimum absolute atomic E-state index is 0.0912. The zero-order valence-corrected chi connectivity index (χ0v) is 8.46. The number of nitrogens with zero attached hydrogens (tertiary/aromatic N) is 1. The minimum atomic E-state index is -0.536. The molecule has 12 heavy (non-hydrogen) atoms. The first kappa shape index (κ1) is 9.77. The monoisotopic (exact) mass is 225 g/mol. The molecule has 0 aliphatic rings. The molecule has 0 aliphatic heterocycles. The van der Waals surface area contributed by atoms with Crippen LogP contribution in [-0.2, 0) is 4.74 Å². The maximum absolute atomic E-state index is 11.1. The Bertz CT molecular complexity index is 300.